The normalized spacial score (nSPS) is 30.6. The van der Waals surface area contributed by atoms with Gasteiger partial charge >= 0.3 is 23.7 Å². The fourth-order valence-corrected chi connectivity index (χ4v) is 1.17. The van der Waals surface area contributed by atoms with Gasteiger partial charge in [0, 0.05) is 12.2 Å². The zero-order valence-electron chi connectivity index (χ0n) is 7.59. The van der Waals surface area contributed by atoms with Crippen LogP contribution in [-0.2, 0) is 4.74 Å². The molecule has 96 valence electrons. The van der Waals surface area contributed by atoms with E-state index in [1.54, 1.807) is 0 Å². The molecular weight excluding hydrogens is 264 g/mol. The lowest BCUT2D eigenvalue weighted by Gasteiger charge is -2.39. The maximum atomic E-state index is 12.5. The average Bonchev–Trinajstić information content (AvgIpc) is 2.15. The van der Waals surface area contributed by atoms with Crippen LogP contribution in [0.3, 0.4) is 0 Å². The Balaban J connectivity index is 2.18. The van der Waals surface area contributed by atoms with E-state index in [2.05, 4.69) is 4.74 Å². The molecule has 9 heteroatoms. The van der Waals surface area contributed by atoms with Crippen LogP contribution in [-0.4, -0.2) is 23.7 Å². The zero-order valence-corrected chi connectivity index (χ0v) is 7.59. The monoisotopic (exact) mass is 266 g/mol. The van der Waals surface area contributed by atoms with E-state index in [1.807, 2.05) is 0 Å². The first-order valence-electron chi connectivity index (χ1n) is 4.07. The van der Waals surface area contributed by atoms with E-state index in [-0.39, 0.29) is 0 Å². The number of allylic oxidation sites excluding steroid dienone is 4. The Bertz CT molecular complexity index is 393. The molecular formula is C8H2F8O. The maximum Gasteiger partial charge on any atom is 0.370 e. The summed E-state index contributed by atoms with van der Waals surface area (Å²) < 4.78 is 103. The van der Waals surface area contributed by atoms with Gasteiger partial charge in [0.05, 0.1) is 0 Å². The topological polar surface area (TPSA) is 9.23 Å². The minimum absolute atomic E-state index is 0.402. The fourth-order valence-electron chi connectivity index (χ4n) is 1.17. The van der Waals surface area contributed by atoms with Gasteiger partial charge in [0.2, 0.25) is 0 Å². The van der Waals surface area contributed by atoms with Crippen LogP contribution in [0.25, 0.3) is 0 Å². The van der Waals surface area contributed by atoms with Crippen LogP contribution in [0.1, 0.15) is 0 Å². The van der Waals surface area contributed by atoms with Crippen molar-refractivity contribution in [2.45, 2.75) is 23.7 Å². The van der Waals surface area contributed by atoms with Gasteiger partial charge in [0.15, 0.2) is 11.5 Å². The van der Waals surface area contributed by atoms with Gasteiger partial charge in [-0.05, 0) is 0 Å². The van der Waals surface area contributed by atoms with Crippen molar-refractivity contribution in [2.75, 3.05) is 0 Å². The minimum Gasteiger partial charge on any atom is -0.453 e. The van der Waals surface area contributed by atoms with E-state index < -0.39 is 47.4 Å². The highest BCUT2D eigenvalue weighted by atomic mass is 19.3. The second kappa shape index (κ2) is 2.75. The second-order valence-electron chi connectivity index (χ2n) is 3.51. The first kappa shape index (κ1) is 12.2. The number of ether oxygens (including phenoxy) is 1. The molecule has 0 saturated heterocycles. The minimum atomic E-state index is -4.77. The zero-order chi connectivity index (χ0) is 13.3. The SMILES string of the molecule is FC1(F)C=C(OC2=CC(F)(F)C2(F)F)C1(F)F. The Labute approximate surface area is 88.3 Å². The lowest BCUT2D eigenvalue weighted by atomic mass is 9.95. The van der Waals surface area contributed by atoms with Gasteiger partial charge in [-0.2, -0.15) is 35.1 Å². The Kier molecular flexibility index (Phi) is 1.97. The molecule has 0 radical (unpaired) electrons. The van der Waals surface area contributed by atoms with Gasteiger partial charge in [0.25, 0.3) is 0 Å². The first-order chi connectivity index (χ1) is 7.42. The van der Waals surface area contributed by atoms with Crippen LogP contribution in [0, 0.1) is 0 Å². The van der Waals surface area contributed by atoms with Gasteiger partial charge < -0.3 is 4.74 Å². The summed E-state index contributed by atoms with van der Waals surface area (Å²) in [4.78, 5) is 0. The third-order valence-electron chi connectivity index (χ3n) is 2.30. The van der Waals surface area contributed by atoms with Crippen molar-refractivity contribution in [3.8, 4) is 0 Å². The van der Waals surface area contributed by atoms with Crippen LogP contribution >= 0.6 is 0 Å². The summed E-state index contributed by atoms with van der Waals surface area (Å²) in [5.41, 5.74) is 0. The number of halogens is 8. The molecule has 2 rings (SSSR count). The molecule has 0 aliphatic heterocycles. The number of hydrogen-bond acceptors (Lipinski definition) is 1. The van der Waals surface area contributed by atoms with Crippen LogP contribution in [0.5, 0.6) is 0 Å². The summed E-state index contributed by atoms with van der Waals surface area (Å²) in [5, 5.41) is 0. The number of rotatable bonds is 2. The highest BCUT2D eigenvalue weighted by molar-refractivity contribution is 5.36. The maximum absolute atomic E-state index is 12.5. The Hall–Kier alpha value is -1.28. The molecule has 0 unspecified atom stereocenters. The lowest BCUT2D eigenvalue weighted by Crippen LogP contribution is -2.54. The summed E-state index contributed by atoms with van der Waals surface area (Å²) in [6.07, 6.45) is -0.805. The lowest BCUT2D eigenvalue weighted by molar-refractivity contribution is -0.233. The molecule has 2 aliphatic rings. The Morgan fingerprint density at radius 2 is 0.941 bits per heavy atom. The highest BCUT2D eigenvalue weighted by Crippen LogP contribution is 2.56. The first-order valence-corrected chi connectivity index (χ1v) is 4.07. The molecule has 0 heterocycles. The van der Waals surface area contributed by atoms with Crippen molar-refractivity contribution in [1.29, 1.82) is 0 Å². The number of alkyl halides is 8. The van der Waals surface area contributed by atoms with E-state index in [9.17, 15) is 35.1 Å². The fraction of sp³-hybridized carbons (Fsp3) is 0.500. The highest BCUT2D eigenvalue weighted by Gasteiger charge is 2.72. The van der Waals surface area contributed by atoms with Gasteiger partial charge in [-0.25, -0.2) is 0 Å². The molecule has 0 atom stereocenters. The van der Waals surface area contributed by atoms with Crippen LogP contribution in [0.4, 0.5) is 35.1 Å². The molecule has 0 amide bonds. The summed E-state index contributed by atoms with van der Waals surface area (Å²) in [6.45, 7) is 0. The van der Waals surface area contributed by atoms with Crippen LogP contribution < -0.4 is 0 Å². The Morgan fingerprint density at radius 3 is 1.12 bits per heavy atom. The molecule has 0 saturated carbocycles. The van der Waals surface area contributed by atoms with Crippen molar-refractivity contribution in [3.63, 3.8) is 0 Å². The third kappa shape index (κ3) is 1.31. The number of hydrogen-bond donors (Lipinski definition) is 0. The molecule has 1 nitrogen and oxygen atoms in total. The van der Waals surface area contributed by atoms with Gasteiger partial charge in [-0.3, -0.25) is 0 Å². The largest absolute Gasteiger partial charge is 0.453 e. The quantitative estimate of drug-likeness (QED) is 0.696. The molecule has 0 aromatic carbocycles. The van der Waals surface area contributed by atoms with E-state index in [1.165, 1.54) is 0 Å². The van der Waals surface area contributed by atoms with Gasteiger partial charge in [0.1, 0.15) is 0 Å². The van der Waals surface area contributed by atoms with Crippen LogP contribution in [0.2, 0.25) is 0 Å². The van der Waals surface area contributed by atoms with Crippen molar-refractivity contribution >= 4 is 0 Å². The van der Waals surface area contributed by atoms with E-state index in [0.717, 1.165) is 0 Å². The standard InChI is InChI=1S/C8H2F8O/c9-5(10)1-3(7(5,13)14)17-4-2-6(11,12)8(4,15)16/h1-2H. The predicted molar refractivity (Wildman–Crippen MR) is 37.0 cm³/mol. The average molecular weight is 266 g/mol. The van der Waals surface area contributed by atoms with Crippen molar-refractivity contribution in [1.82, 2.24) is 0 Å². The van der Waals surface area contributed by atoms with Gasteiger partial charge in [-0.1, -0.05) is 0 Å². The Morgan fingerprint density at radius 1 is 0.647 bits per heavy atom. The van der Waals surface area contributed by atoms with Crippen LogP contribution in [0.15, 0.2) is 23.7 Å². The summed E-state index contributed by atoms with van der Waals surface area (Å²) in [5.74, 6) is -22.1. The molecule has 0 aromatic rings. The summed E-state index contributed by atoms with van der Waals surface area (Å²) in [6, 6.07) is 0. The molecule has 0 fully saturated rings. The molecule has 17 heavy (non-hydrogen) atoms. The summed E-state index contributed by atoms with van der Waals surface area (Å²) in [7, 11) is 0. The van der Waals surface area contributed by atoms with Gasteiger partial charge in [-0.15, -0.1) is 0 Å². The molecule has 0 bridgehead atoms. The van der Waals surface area contributed by atoms with Crippen molar-refractivity contribution in [2.24, 2.45) is 0 Å². The van der Waals surface area contributed by atoms with E-state index in [4.69, 9.17) is 0 Å². The van der Waals surface area contributed by atoms with E-state index in [0.29, 0.717) is 0 Å². The van der Waals surface area contributed by atoms with Crippen molar-refractivity contribution < 1.29 is 39.9 Å². The summed E-state index contributed by atoms with van der Waals surface area (Å²) >= 11 is 0. The smallest absolute Gasteiger partial charge is 0.370 e. The van der Waals surface area contributed by atoms with E-state index >= 15 is 0 Å². The third-order valence-corrected chi connectivity index (χ3v) is 2.30. The molecule has 0 spiro atoms. The van der Waals surface area contributed by atoms with Crippen molar-refractivity contribution in [3.05, 3.63) is 23.7 Å². The molecule has 0 N–H and O–H groups in total. The predicted octanol–water partition coefficient (Wildman–Crippen LogP) is 3.34. The second-order valence-corrected chi connectivity index (χ2v) is 3.51. The molecule has 2 aliphatic carbocycles. The molecule has 0 aromatic heterocycles.